The Morgan fingerprint density at radius 2 is 1.96 bits per heavy atom. The second-order valence-electron chi connectivity index (χ2n) is 5.29. The minimum Gasteiger partial charge on any atom is -0.481 e. The summed E-state index contributed by atoms with van der Waals surface area (Å²) < 4.78 is 6.34. The molecule has 2 aromatic rings. The average molecular weight is 392 g/mol. The zero-order chi connectivity index (χ0) is 17.7. The van der Waals surface area contributed by atoms with Crippen LogP contribution >= 0.6 is 15.9 Å². The van der Waals surface area contributed by atoms with E-state index in [2.05, 4.69) is 31.8 Å². The van der Waals surface area contributed by atoms with E-state index in [-0.39, 0.29) is 0 Å². The molecule has 126 valence electrons. The first-order chi connectivity index (χ1) is 11.4. The van der Waals surface area contributed by atoms with Crippen LogP contribution in [0.4, 0.5) is 0 Å². The predicted molar refractivity (Wildman–Crippen MR) is 93.6 cm³/mol. The topological polar surface area (TPSA) is 80.3 Å². The average Bonchev–Trinajstić information content (AvgIpc) is 2.56. The van der Waals surface area contributed by atoms with Gasteiger partial charge in [-0.25, -0.2) is 0 Å². The molecule has 1 atom stereocenters. The van der Waals surface area contributed by atoms with Gasteiger partial charge in [-0.3, -0.25) is 25.4 Å². The van der Waals surface area contributed by atoms with Crippen LogP contribution in [0.1, 0.15) is 28.4 Å². The molecular formula is C17H18BrN3O3. The van der Waals surface area contributed by atoms with Crippen LogP contribution in [0.15, 0.2) is 41.1 Å². The normalized spacial score (nSPS) is 11.5. The zero-order valence-corrected chi connectivity index (χ0v) is 15.2. The van der Waals surface area contributed by atoms with Gasteiger partial charge in [0, 0.05) is 16.9 Å². The van der Waals surface area contributed by atoms with Crippen LogP contribution in [0.3, 0.4) is 0 Å². The molecule has 1 aromatic carbocycles. The third-order valence-electron chi connectivity index (χ3n) is 3.49. The molecule has 0 spiro atoms. The number of hydrazine groups is 1. The van der Waals surface area contributed by atoms with Crippen molar-refractivity contribution in [2.45, 2.75) is 26.9 Å². The van der Waals surface area contributed by atoms with Gasteiger partial charge in [-0.05, 0) is 60.0 Å². The van der Waals surface area contributed by atoms with Crippen molar-refractivity contribution in [1.82, 2.24) is 15.8 Å². The maximum Gasteiger partial charge on any atom is 0.279 e. The van der Waals surface area contributed by atoms with Crippen LogP contribution in [-0.2, 0) is 4.79 Å². The lowest BCUT2D eigenvalue weighted by molar-refractivity contribution is -0.128. The number of nitrogens with one attached hydrogen (secondary N) is 2. The van der Waals surface area contributed by atoms with Crippen molar-refractivity contribution >= 4 is 27.7 Å². The summed E-state index contributed by atoms with van der Waals surface area (Å²) >= 11 is 3.23. The highest BCUT2D eigenvalue weighted by Gasteiger charge is 2.17. The lowest BCUT2D eigenvalue weighted by atomic mass is 10.1. The maximum absolute atomic E-state index is 12.1. The molecule has 0 unspecified atom stereocenters. The number of benzene rings is 1. The minimum absolute atomic E-state index is 0.327. The van der Waals surface area contributed by atoms with Gasteiger partial charge in [0.05, 0.1) is 5.56 Å². The lowest BCUT2D eigenvalue weighted by Crippen LogP contribution is -2.47. The van der Waals surface area contributed by atoms with Gasteiger partial charge in [0.2, 0.25) is 0 Å². The molecule has 0 radical (unpaired) electrons. The van der Waals surface area contributed by atoms with Crippen molar-refractivity contribution in [3.63, 3.8) is 0 Å². The van der Waals surface area contributed by atoms with Gasteiger partial charge in [-0.2, -0.15) is 0 Å². The van der Waals surface area contributed by atoms with Gasteiger partial charge < -0.3 is 4.74 Å². The molecule has 6 nitrogen and oxygen atoms in total. The highest BCUT2D eigenvalue weighted by atomic mass is 79.9. The molecular weight excluding hydrogens is 374 g/mol. The summed E-state index contributed by atoms with van der Waals surface area (Å²) in [5, 5.41) is 0. The number of pyridine rings is 1. The zero-order valence-electron chi connectivity index (χ0n) is 13.6. The second kappa shape index (κ2) is 7.92. The standard InChI is InChI=1S/C17H18BrN3O3/c1-10-5-4-6-15(11(10)2)24-12(3)16(22)20-21-17(23)13-7-14(18)9-19-8-13/h4-9,12H,1-3H3,(H,20,22)(H,21,23)/t12-/m1/s1. The van der Waals surface area contributed by atoms with Crippen molar-refractivity contribution in [2.75, 3.05) is 0 Å². The quantitative estimate of drug-likeness (QED) is 0.785. The Morgan fingerprint density at radius 3 is 2.67 bits per heavy atom. The fourth-order valence-corrected chi connectivity index (χ4v) is 2.29. The molecule has 24 heavy (non-hydrogen) atoms. The Kier molecular flexibility index (Phi) is 5.92. The third-order valence-corrected chi connectivity index (χ3v) is 3.93. The summed E-state index contributed by atoms with van der Waals surface area (Å²) in [6.07, 6.45) is 2.21. The summed E-state index contributed by atoms with van der Waals surface area (Å²) in [6.45, 7) is 5.51. The molecule has 0 aliphatic rings. The fraction of sp³-hybridized carbons (Fsp3) is 0.235. The molecule has 0 aliphatic heterocycles. The Balaban J connectivity index is 1.92. The number of rotatable bonds is 4. The van der Waals surface area contributed by atoms with Gasteiger partial charge in [0.15, 0.2) is 6.10 Å². The summed E-state index contributed by atoms with van der Waals surface area (Å²) in [5.74, 6) is -0.275. The Labute approximate surface area is 148 Å². The number of aromatic nitrogens is 1. The van der Waals surface area contributed by atoms with Crippen LogP contribution in [0.2, 0.25) is 0 Å². The van der Waals surface area contributed by atoms with E-state index in [0.717, 1.165) is 11.1 Å². The number of aryl methyl sites for hydroxylation is 1. The molecule has 1 aromatic heterocycles. The molecule has 0 aliphatic carbocycles. The van der Waals surface area contributed by atoms with E-state index in [9.17, 15) is 9.59 Å². The summed E-state index contributed by atoms with van der Waals surface area (Å²) in [7, 11) is 0. The number of hydrogen-bond donors (Lipinski definition) is 2. The molecule has 2 amide bonds. The minimum atomic E-state index is -0.758. The van der Waals surface area contributed by atoms with E-state index in [1.807, 2.05) is 26.0 Å². The smallest absolute Gasteiger partial charge is 0.279 e. The third kappa shape index (κ3) is 4.55. The summed E-state index contributed by atoms with van der Waals surface area (Å²) in [5.41, 5.74) is 7.07. The Bertz CT molecular complexity index is 764. The molecule has 2 rings (SSSR count). The maximum atomic E-state index is 12.1. The van der Waals surface area contributed by atoms with Crippen LogP contribution in [0.5, 0.6) is 5.75 Å². The number of hydrogen-bond acceptors (Lipinski definition) is 4. The van der Waals surface area contributed by atoms with Gasteiger partial charge in [0.25, 0.3) is 11.8 Å². The van der Waals surface area contributed by atoms with Crippen molar-refractivity contribution in [3.8, 4) is 5.75 Å². The van der Waals surface area contributed by atoms with E-state index in [4.69, 9.17) is 4.74 Å². The summed E-state index contributed by atoms with van der Waals surface area (Å²) in [4.78, 5) is 27.9. The first-order valence-corrected chi connectivity index (χ1v) is 8.11. The number of halogens is 1. The lowest BCUT2D eigenvalue weighted by Gasteiger charge is -2.17. The highest BCUT2D eigenvalue weighted by Crippen LogP contribution is 2.21. The first-order valence-electron chi connectivity index (χ1n) is 7.32. The van der Waals surface area contributed by atoms with Gasteiger partial charge >= 0.3 is 0 Å². The number of ether oxygens (including phenoxy) is 1. The number of carbonyl (C=O) groups is 2. The van der Waals surface area contributed by atoms with Crippen molar-refractivity contribution in [2.24, 2.45) is 0 Å². The van der Waals surface area contributed by atoms with Gasteiger partial charge in [-0.1, -0.05) is 12.1 Å². The van der Waals surface area contributed by atoms with E-state index in [0.29, 0.717) is 15.8 Å². The molecule has 2 N–H and O–H groups in total. The largest absolute Gasteiger partial charge is 0.481 e. The van der Waals surface area contributed by atoms with Crippen molar-refractivity contribution in [1.29, 1.82) is 0 Å². The molecule has 1 heterocycles. The van der Waals surface area contributed by atoms with Gasteiger partial charge in [0.1, 0.15) is 5.75 Å². The van der Waals surface area contributed by atoms with Crippen LogP contribution in [-0.4, -0.2) is 22.9 Å². The molecule has 0 bridgehead atoms. The number of amides is 2. The molecule has 0 saturated heterocycles. The van der Waals surface area contributed by atoms with Crippen LogP contribution in [0.25, 0.3) is 0 Å². The van der Waals surface area contributed by atoms with Gasteiger partial charge in [-0.15, -0.1) is 0 Å². The monoisotopic (exact) mass is 391 g/mol. The highest BCUT2D eigenvalue weighted by molar-refractivity contribution is 9.10. The van der Waals surface area contributed by atoms with Crippen LogP contribution < -0.4 is 15.6 Å². The fourth-order valence-electron chi connectivity index (χ4n) is 1.92. The van der Waals surface area contributed by atoms with Crippen molar-refractivity contribution in [3.05, 3.63) is 57.8 Å². The Morgan fingerprint density at radius 1 is 1.21 bits per heavy atom. The van der Waals surface area contributed by atoms with E-state index in [1.165, 1.54) is 6.20 Å². The van der Waals surface area contributed by atoms with E-state index in [1.54, 1.807) is 25.3 Å². The number of carbonyl (C=O) groups excluding carboxylic acids is 2. The van der Waals surface area contributed by atoms with E-state index >= 15 is 0 Å². The van der Waals surface area contributed by atoms with Crippen molar-refractivity contribution < 1.29 is 14.3 Å². The first kappa shape index (κ1) is 17.9. The predicted octanol–water partition coefficient (Wildman–Crippen LogP) is 2.69. The SMILES string of the molecule is Cc1cccc(O[C@H](C)C(=O)NNC(=O)c2cncc(Br)c2)c1C. The molecule has 7 heteroatoms. The van der Waals surface area contributed by atoms with Crippen LogP contribution in [0, 0.1) is 13.8 Å². The second-order valence-corrected chi connectivity index (χ2v) is 6.21. The molecule has 0 saturated carbocycles. The van der Waals surface area contributed by atoms with E-state index < -0.39 is 17.9 Å². The molecule has 0 fully saturated rings. The number of nitrogens with zero attached hydrogens (tertiary/aromatic N) is 1. The summed E-state index contributed by atoms with van der Waals surface area (Å²) in [6, 6.07) is 7.24. The Hall–Kier alpha value is -2.41.